The lowest BCUT2D eigenvalue weighted by Gasteiger charge is -2.27. The highest BCUT2D eigenvalue weighted by Crippen LogP contribution is 2.22. The molecule has 1 aromatic heterocycles. The Labute approximate surface area is 129 Å². The van der Waals surface area contributed by atoms with E-state index < -0.39 is 15.6 Å². The summed E-state index contributed by atoms with van der Waals surface area (Å²) >= 11 is 0. The van der Waals surface area contributed by atoms with Crippen LogP contribution in [0.25, 0.3) is 0 Å². The van der Waals surface area contributed by atoms with E-state index in [1.54, 1.807) is 12.3 Å². The van der Waals surface area contributed by atoms with Crippen molar-refractivity contribution in [1.82, 2.24) is 14.6 Å². The maximum atomic E-state index is 12.6. The summed E-state index contributed by atoms with van der Waals surface area (Å²) in [5.41, 5.74) is 0.574. The number of rotatable bonds is 8. The standard InChI is InChI=1S/C15H29N3O2S/c1-7-15(5,8-2)17-21(19,20)14-9-13(10-16-6)18(11-14)12(3)4/h9,11-12,16-17H,7-8,10H2,1-6H3. The lowest BCUT2D eigenvalue weighted by Crippen LogP contribution is -2.44. The normalized spacial score (nSPS) is 13.1. The molecule has 0 aliphatic rings. The average Bonchev–Trinajstić information content (AvgIpc) is 2.83. The highest BCUT2D eigenvalue weighted by atomic mass is 32.2. The fourth-order valence-corrected chi connectivity index (χ4v) is 3.82. The molecule has 0 atom stereocenters. The summed E-state index contributed by atoms with van der Waals surface area (Å²) in [4.78, 5) is 0.342. The second-order valence-corrected chi connectivity index (χ2v) is 7.75. The first kappa shape index (κ1) is 18.2. The fraction of sp³-hybridized carbons (Fsp3) is 0.733. The summed E-state index contributed by atoms with van der Waals surface area (Å²) in [6.45, 7) is 10.7. The van der Waals surface area contributed by atoms with E-state index in [1.807, 2.05) is 46.2 Å². The Morgan fingerprint density at radius 3 is 2.29 bits per heavy atom. The van der Waals surface area contributed by atoms with Crippen LogP contribution in [0.3, 0.4) is 0 Å². The molecule has 1 heterocycles. The largest absolute Gasteiger partial charge is 0.346 e. The summed E-state index contributed by atoms with van der Waals surface area (Å²) in [6.07, 6.45) is 3.25. The van der Waals surface area contributed by atoms with Crippen molar-refractivity contribution in [1.29, 1.82) is 0 Å². The quantitative estimate of drug-likeness (QED) is 0.775. The molecule has 0 bridgehead atoms. The van der Waals surface area contributed by atoms with E-state index in [0.29, 0.717) is 11.4 Å². The topological polar surface area (TPSA) is 63.1 Å². The summed E-state index contributed by atoms with van der Waals surface area (Å²) in [5, 5.41) is 3.08. The third-order valence-corrected chi connectivity index (χ3v) is 5.68. The van der Waals surface area contributed by atoms with Gasteiger partial charge in [0.25, 0.3) is 0 Å². The van der Waals surface area contributed by atoms with Crippen molar-refractivity contribution < 1.29 is 8.42 Å². The first-order valence-corrected chi connectivity index (χ1v) is 9.06. The number of aromatic nitrogens is 1. The highest BCUT2D eigenvalue weighted by molar-refractivity contribution is 7.89. The van der Waals surface area contributed by atoms with Crippen LogP contribution < -0.4 is 10.0 Å². The molecule has 0 fully saturated rings. The predicted octanol–water partition coefficient (Wildman–Crippen LogP) is 2.65. The summed E-state index contributed by atoms with van der Waals surface area (Å²) < 4.78 is 30.1. The first-order chi connectivity index (χ1) is 9.69. The Kier molecular flexibility index (Phi) is 6.01. The van der Waals surface area contributed by atoms with Crippen molar-refractivity contribution in [3.8, 4) is 0 Å². The molecular weight excluding hydrogens is 286 g/mol. The molecule has 122 valence electrons. The monoisotopic (exact) mass is 315 g/mol. The van der Waals surface area contributed by atoms with Crippen molar-refractivity contribution in [2.75, 3.05) is 7.05 Å². The Morgan fingerprint density at radius 2 is 1.86 bits per heavy atom. The van der Waals surface area contributed by atoms with Gasteiger partial charge in [0.1, 0.15) is 0 Å². The molecule has 0 aromatic carbocycles. The predicted molar refractivity (Wildman–Crippen MR) is 86.9 cm³/mol. The molecule has 0 radical (unpaired) electrons. The molecule has 21 heavy (non-hydrogen) atoms. The molecule has 0 amide bonds. The van der Waals surface area contributed by atoms with E-state index >= 15 is 0 Å². The van der Waals surface area contributed by atoms with Gasteiger partial charge >= 0.3 is 0 Å². The van der Waals surface area contributed by atoms with Gasteiger partial charge in [0, 0.05) is 30.0 Å². The first-order valence-electron chi connectivity index (χ1n) is 7.58. The Balaban J connectivity index is 3.17. The number of hydrogen-bond donors (Lipinski definition) is 2. The second-order valence-electron chi connectivity index (χ2n) is 6.07. The van der Waals surface area contributed by atoms with E-state index in [2.05, 4.69) is 10.0 Å². The molecule has 1 rings (SSSR count). The molecular formula is C15H29N3O2S. The van der Waals surface area contributed by atoms with Crippen LogP contribution in [0, 0.1) is 0 Å². The van der Waals surface area contributed by atoms with Crippen molar-refractivity contribution >= 4 is 10.0 Å². The van der Waals surface area contributed by atoms with E-state index in [1.165, 1.54) is 0 Å². The van der Waals surface area contributed by atoms with E-state index in [4.69, 9.17) is 0 Å². The maximum absolute atomic E-state index is 12.6. The number of sulfonamides is 1. The number of nitrogens with one attached hydrogen (secondary N) is 2. The summed E-state index contributed by atoms with van der Waals surface area (Å²) in [7, 11) is -1.64. The summed E-state index contributed by atoms with van der Waals surface area (Å²) in [5.74, 6) is 0. The van der Waals surface area contributed by atoms with Crippen LogP contribution >= 0.6 is 0 Å². The van der Waals surface area contributed by atoms with Gasteiger partial charge in [-0.15, -0.1) is 0 Å². The minimum atomic E-state index is -3.49. The van der Waals surface area contributed by atoms with Gasteiger partial charge in [-0.05, 0) is 46.7 Å². The van der Waals surface area contributed by atoms with Crippen LogP contribution in [0.5, 0.6) is 0 Å². The molecule has 6 heteroatoms. The van der Waals surface area contributed by atoms with Gasteiger partial charge in [-0.1, -0.05) is 13.8 Å². The average molecular weight is 315 g/mol. The van der Waals surface area contributed by atoms with Crippen molar-refractivity contribution in [2.45, 2.75) is 70.5 Å². The van der Waals surface area contributed by atoms with Gasteiger partial charge in [0.05, 0.1) is 4.90 Å². The second kappa shape index (κ2) is 6.94. The van der Waals surface area contributed by atoms with E-state index in [-0.39, 0.29) is 6.04 Å². The zero-order chi connectivity index (χ0) is 16.3. The SMILES string of the molecule is CCC(C)(CC)NS(=O)(=O)c1cc(CNC)n(C(C)C)c1. The highest BCUT2D eigenvalue weighted by Gasteiger charge is 2.28. The third-order valence-electron chi connectivity index (χ3n) is 4.07. The zero-order valence-electron chi connectivity index (χ0n) is 14.0. The smallest absolute Gasteiger partial charge is 0.242 e. The Morgan fingerprint density at radius 1 is 1.29 bits per heavy atom. The third kappa shape index (κ3) is 4.31. The van der Waals surface area contributed by atoms with Gasteiger partial charge in [-0.25, -0.2) is 13.1 Å². The van der Waals surface area contributed by atoms with Gasteiger partial charge in [-0.3, -0.25) is 0 Å². The van der Waals surface area contributed by atoms with Gasteiger partial charge in [-0.2, -0.15) is 0 Å². The minimum Gasteiger partial charge on any atom is -0.346 e. The Hall–Kier alpha value is -0.850. The minimum absolute atomic E-state index is 0.223. The molecule has 0 saturated heterocycles. The van der Waals surface area contributed by atoms with Crippen LogP contribution in [0.1, 0.15) is 59.2 Å². The number of hydrogen-bond acceptors (Lipinski definition) is 3. The fourth-order valence-electron chi connectivity index (χ4n) is 2.22. The van der Waals surface area contributed by atoms with Crippen LogP contribution in [-0.4, -0.2) is 25.6 Å². The van der Waals surface area contributed by atoms with E-state index in [0.717, 1.165) is 18.5 Å². The van der Waals surface area contributed by atoms with Gasteiger partial charge < -0.3 is 9.88 Å². The lowest BCUT2D eigenvalue weighted by molar-refractivity contribution is 0.388. The zero-order valence-corrected chi connectivity index (χ0v) is 14.8. The van der Waals surface area contributed by atoms with Gasteiger partial charge in [0.2, 0.25) is 10.0 Å². The molecule has 1 aromatic rings. The number of nitrogens with zero attached hydrogens (tertiary/aromatic N) is 1. The molecule has 0 spiro atoms. The van der Waals surface area contributed by atoms with Crippen LogP contribution in [0.15, 0.2) is 17.2 Å². The molecule has 5 nitrogen and oxygen atoms in total. The van der Waals surface area contributed by atoms with Crippen molar-refractivity contribution in [2.24, 2.45) is 0 Å². The lowest BCUT2D eigenvalue weighted by atomic mass is 9.98. The molecule has 0 aliphatic heterocycles. The van der Waals surface area contributed by atoms with Crippen LogP contribution in [0.4, 0.5) is 0 Å². The van der Waals surface area contributed by atoms with Gasteiger partial charge in [0.15, 0.2) is 0 Å². The Bertz CT molecular complexity index is 557. The van der Waals surface area contributed by atoms with Crippen molar-refractivity contribution in [3.05, 3.63) is 18.0 Å². The molecule has 0 aliphatic carbocycles. The van der Waals surface area contributed by atoms with Crippen LogP contribution in [-0.2, 0) is 16.6 Å². The van der Waals surface area contributed by atoms with E-state index in [9.17, 15) is 8.42 Å². The maximum Gasteiger partial charge on any atom is 0.242 e. The van der Waals surface area contributed by atoms with Crippen LogP contribution in [0.2, 0.25) is 0 Å². The summed E-state index contributed by atoms with van der Waals surface area (Å²) in [6, 6.07) is 1.98. The van der Waals surface area contributed by atoms with Crippen molar-refractivity contribution in [3.63, 3.8) is 0 Å². The molecule has 0 unspecified atom stereocenters. The molecule has 0 saturated carbocycles. The molecule has 2 N–H and O–H groups in total.